The van der Waals surface area contributed by atoms with Crippen molar-refractivity contribution in [3.8, 4) is 11.1 Å². The number of carbonyl (C=O) groups is 3. The van der Waals surface area contributed by atoms with E-state index in [0.717, 1.165) is 39.3 Å². The Bertz CT molecular complexity index is 1310. The number of benzene rings is 3. The summed E-state index contributed by atoms with van der Waals surface area (Å²) < 4.78 is 34.6. The highest BCUT2D eigenvalue weighted by molar-refractivity contribution is 5.98. The molecule has 0 saturated carbocycles. The molecule has 0 aromatic heterocycles. The number of nitrogens with zero attached hydrogens (tertiary/aromatic N) is 1. The number of anilines is 1. The first-order chi connectivity index (χ1) is 16.8. The third-order valence-electron chi connectivity index (χ3n) is 6.40. The predicted octanol–water partition coefficient (Wildman–Crippen LogP) is 4.48. The lowest BCUT2D eigenvalue weighted by molar-refractivity contribution is -0.146. The summed E-state index contributed by atoms with van der Waals surface area (Å²) >= 11 is 0. The molecule has 2 amide bonds. The number of nitrogens with one attached hydrogen (secondary N) is 1. The van der Waals surface area contributed by atoms with E-state index in [2.05, 4.69) is 5.32 Å². The number of halogens is 2. The Kier molecular flexibility index (Phi) is 5.68. The molecule has 2 N–H and O–H groups in total. The third-order valence-corrected chi connectivity index (χ3v) is 6.40. The second-order valence-corrected chi connectivity index (χ2v) is 8.48. The van der Waals surface area contributed by atoms with Gasteiger partial charge in [0, 0.05) is 19.0 Å². The summed E-state index contributed by atoms with van der Waals surface area (Å²) in [4.78, 5) is 37.0. The van der Waals surface area contributed by atoms with Crippen LogP contribution in [0.25, 0.3) is 11.1 Å². The summed E-state index contributed by atoms with van der Waals surface area (Å²) in [5.74, 6) is -5.38. The number of aliphatic carboxylic acids is 1. The number of carboxylic acid groups (broad SMARTS) is 1. The third kappa shape index (κ3) is 3.99. The van der Waals surface area contributed by atoms with E-state index in [1.807, 2.05) is 48.5 Å². The Morgan fingerprint density at radius 2 is 1.54 bits per heavy atom. The monoisotopic (exact) mass is 478 g/mol. The number of likely N-dealkylation sites (tertiary alicyclic amines) is 1. The highest BCUT2D eigenvalue weighted by Gasteiger charge is 2.38. The van der Waals surface area contributed by atoms with Gasteiger partial charge in [-0.1, -0.05) is 48.5 Å². The maximum atomic E-state index is 15.0. The number of amides is 2. The molecular formula is C26H20F2N2O5. The second-order valence-electron chi connectivity index (χ2n) is 8.48. The van der Waals surface area contributed by atoms with Gasteiger partial charge in [0.25, 0.3) is 5.91 Å². The van der Waals surface area contributed by atoms with E-state index in [9.17, 15) is 23.2 Å². The van der Waals surface area contributed by atoms with Crippen molar-refractivity contribution in [1.29, 1.82) is 0 Å². The summed E-state index contributed by atoms with van der Waals surface area (Å²) in [5.41, 5.74) is 2.86. The summed E-state index contributed by atoms with van der Waals surface area (Å²) in [5, 5.41) is 11.2. The molecule has 0 unspecified atom stereocenters. The molecule has 0 radical (unpaired) electrons. The molecule has 1 heterocycles. The normalized spacial score (nSPS) is 14.6. The Balaban J connectivity index is 1.29. The lowest BCUT2D eigenvalue weighted by atomic mass is 9.98. The van der Waals surface area contributed by atoms with Crippen LogP contribution in [0, 0.1) is 17.6 Å². The van der Waals surface area contributed by atoms with E-state index in [1.165, 1.54) is 0 Å². The van der Waals surface area contributed by atoms with Gasteiger partial charge in [0.1, 0.15) is 18.0 Å². The van der Waals surface area contributed by atoms with Crippen LogP contribution in [0.5, 0.6) is 0 Å². The van der Waals surface area contributed by atoms with Gasteiger partial charge in [-0.3, -0.25) is 14.9 Å². The van der Waals surface area contributed by atoms with E-state index in [4.69, 9.17) is 9.84 Å². The van der Waals surface area contributed by atoms with Crippen molar-refractivity contribution >= 4 is 23.7 Å². The van der Waals surface area contributed by atoms with Crippen LogP contribution in [-0.2, 0) is 9.53 Å². The summed E-state index contributed by atoms with van der Waals surface area (Å²) in [6, 6.07) is 17.5. The van der Waals surface area contributed by atoms with Crippen LogP contribution in [-0.4, -0.2) is 47.7 Å². The molecule has 0 spiro atoms. The van der Waals surface area contributed by atoms with Gasteiger partial charge in [-0.2, -0.15) is 0 Å². The molecular weight excluding hydrogens is 458 g/mol. The lowest BCUT2D eigenvalue weighted by Crippen LogP contribution is -2.53. The van der Waals surface area contributed by atoms with Crippen molar-refractivity contribution in [3.63, 3.8) is 0 Å². The van der Waals surface area contributed by atoms with Crippen molar-refractivity contribution in [1.82, 2.24) is 4.90 Å². The topological polar surface area (TPSA) is 95.9 Å². The molecule has 5 rings (SSSR count). The molecule has 178 valence electrons. The molecule has 0 atom stereocenters. The fraction of sp³-hybridized carbons (Fsp3) is 0.192. The average Bonchev–Trinajstić information content (AvgIpc) is 3.12. The van der Waals surface area contributed by atoms with E-state index in [0.29, 0.717) is 0 Å². The van der Waals surface area contributed by atoms with Crippen LogP contribution < -0.4 is 5.32 Å². The highest BCUT2D eigenvalue weighted by atomic mass is 19.1. The van der Waals surface area contributed by atoms with Gasteiger partial charge in [0.2, 0.25) is 0 Å². The molecule has 0 bridgehead atoms. The van der Waals surface area contributed by atoms with Crippen LogP contribution in [0.15, 0.2) is 60.7 Å². The molecule has 3 aromatic carbocycles. The Labute approximate surface area is 198 Å². The van der Waals surface area contributed by atoms with Gasteiger partial charge >= 0.3 is 12.1 Å². The quantitative estimate of drug-likeness (QED) is 0.564. The Morgan fingerprint density at radius 3 is 2.14 bits per heavy atom. The maximum Gasteiger partial charge on any atom is 0.411 e. The van der Waals surface area contributed by atoms with Crippen molar-refractivity contribution in [2.45, 2.75) is 5.92 Å². The van der Waals surface area contributed by atoms with E-state index >= 15 is 0 Å². The van der Waals surface area contributed by atoms with Crippen LogP contribution in [0.1, 0.15) is 27.4 Å². The fourth-order valence-electron chi connectivity index (χ4n) is 4.55. The van der Waals surface area contributed by atoms with Crippen LogP contribution in [0.2, 0.25) is 0 Å². The minimum Gasteiger partial charge on any atom is -0.481 e. The summed E-state index contributed by atoms with van der Waals surface area (Å²) in [7, 11) is 0. The SMILES string of the molecule is O=C(Nc1ccc(F)c(C(=O)N2CC(C(=O)O)C2)c1F)OCC1c2ccccc2-c2ccccc21. The van der Waals surface area contributed by atoms with Crippen molar-refractivity contribution < 1.29 is 33.0 Å². The lowest BCUT2D eigenvalue weighted by Gasteiger charge is -2.36. The molecule has 7 nitrogen and oxygen atoms in total. The Hall–Kier alpha value is -4.27. The first-order valence-electron chi connectivity index (χ1n) is 11.0. The molecule has 9 heteroatoms. The zero-order valence-electron chi connectivity index (χ0n) is 18.3. The number of fused-ring (bicyclic) bond motifs is 3. The molecule has 1 saturated heterocycles. The standard InChI is InChI=1S/C26H20F2N2O5/c27-20-9-10-21(23(28)22(20)24(31)30-11-14(12-30)25(32)33)29-26(34)35-13-19-17-7-3-1-5-15(17)16-6-2-4-8-18(16)19/h1-10,14,19H,11-13H2,(H,29,34)(H,32,33). The summed E-state index contributed by atoms with van der Waals surface area (Å²) in [6.45, 7) is -0.285. The van der Waals surface area contributed by atoms with Crippen molar-refractivity contribution in [2.75, 3.05) is 25.0 Å². The molecule has 1 aliphatic carbocycles. The zero-order chi connectivity index (χ0) is 24.7. The average molecular weight is 478 g/mol. The Morgan fingerprint density at radius 1 is 0.943 bits per heavy atom. The summed E-state index contributed by atoms with van der Waals surface area (Å²) in [6.07, 6.45) is -0.953. The zero-order valence-corrected chi connectivity index (χ0v) is 18.3. The first kappa shape index (κ1) is 22.5. The molecule has 1 fully saturated rings. The molecule has 2 aliphatic rings. The number of carbonyl (C=O) groups excluding carboxylic acids is 2. The fourth-order valence-corrected chi connectivity index (χ4v) is 4.55. The minimum absolute atomic E-state index is 0.00117. The van der Waals surface area contributed by atoms with E-state index < -0.39 is 46.8 Å². The minimum atomic E-state index is -1.25. The van der Waals surface area contributed by atoms with Crippen LogP contribution in [0.4, 0.5) is 19.3 Å². The van der Waals surface area contributed by atoms with Gasteiger partial charge in [-0.15, -0.1) is 0 Å². The van der Waals surface area contributed by atoms with Gasteiger partial charge in [-0.25, -0.2) is 13.6 Å². The largest absolute Gasteiger partial charge is 0.481 e. The predicted molar refractivity (Wildman–Crippen MR) is 122 cm³/mol. The number of hydrogen-bond donors (Lipinski definition) is 2. The molecule has 3 aromatic rings. The van der Waals surface area contributed by atoms with E-state index in [1.54, 1.807) is 0 Å². The number of carboxylic acids is 1. The van der Waals surface area contributed by atoms with Crippen LogP contribution in [0.3, 0.4) is 0 Å². The molecule has 1 aliphatic heterocycles. The molecule has 35 heavy (non-hydrogen) atoms. The number of rotatable bonds is 5. The van der Waals surface area contributed by atoms with Gasteiger partial charge < -0.3 is 14.7 Å². The van der Waals surface area contributed by atoms with E-state index in [-0.39, 0.29) is 25.6 Å². The van der Waals surface area contributed by atoms with Gasteiger partial charge in [-0.05, 0) is 34.4 Å². The first-order valence-corrected chi connectivity index (χ1v) is 11.0. The van der Waals surface area contributed by atoms with Gasteiger partial charge in [0.05, 0.1) is 11.6 Å². The van der Waals surface area contributed by atoms with Crippen LogP contribution >= 0.6 is 0 Å². The number of ether oxygens (including phenoxy) is 1. The van der Waals surface area contributed by atoms with Gasteiger partial charge in [0.15, 0.2) is 5.82 Å². The second kappa shape index (κ2) is 8.83. The number of hydrogen-bond acceptors (Lipinski definition) is 4. The smallest absolute Gasteiger partial charge is 0.411 e. The maximum absolute atomic E-state index is 15.0. The van der Waals surface area contributed by atoms with Crippen molar-refractivity contribution in [3.05, 3.63) is 89.0 Å². The highest BCUT2D eigenvalue weighted by Crippen LogP contribution is 2.44. The van der Waals surface area contributed by atoms with Crippen molar-refractivity contribution in [2.24, 2.45) is 5.92 Å².